The zero-order valence-electron chi connectivity index (χ0n) is 16.1. The van der Waals surface area contributed by atoms with Crippen LogP contribution in [-0.4, -0.2) is 11.7 Å². The zero-order chi connectivity index (χ0) is 21.7. The van der Waals surface area contributed by atoms with E-state index in [1.807, 2.05) is 43.3 Å². The fourth-order valence-corrected chi connectivity index (χ4v) is 4.24. The molecule has 1 aliphatic rings. The normalized spacial score (nSPS) is 15.8. The number of hydrogen-bond acceptors (Lipinski definition) is 6. The van der Waals surface area contributed by atoms with E-state index >= 15 is 0 Å². The maximum absolute atomic E-state index is 12.4. The minimum absolute atomic E-state index is 0.0826. The van der Waals surface area contributed by atoms with Crippen molar-refractivity contribution >= 4 is 39.3 Å². The van der Waals surface area contributed by atoms with Gasteiger partial charge in [0, 0.05) is 10.2 Å². The lowest BCUT2D eigenvalue weighted by atomic mass is 9.82. The van der Waals surface area contributed by atoms with Gasteiger partial charge in [0.15, 0.2) is 0 Å². The van der Waals surface area contributed by atoms with Gasteiger partial charge in [-0.15, -0.1) is 0 Å². The van der Waals surface area contributed by atoms with E-state index in [1.165, 1.54) is 11.8 Å². The van der Waals surface area contributed by atoms with E-state index in [2.05, 4.69) is 38.7 Å². The number of allylic oxidation sites excluding steroid dienone is 2. The second kappa shape index (κ2) is 9.53. The third-order valence-corrected chi connectivity index (χ3v) is 6.12. The number of hydrogen-bond donors (Lipinski definition) is 3. The smallest absolute Gasteiger partial charge is 0.234 e. The van der Waals surface area contributed by atoms with Gasteiger partial charge in [-0.25, -0.2) is 0 Å². The molecule has 0 spiro atoms. The van der Waals surface area contributed by atoms with Crippen LogP contribution in [0, 0.1) is 29.6 Å². The zero-order valence-corrected chi connectivity index (χ0v) is 18.5. The summed E-state index contributed by atoms with van der Waals surface area (Å²) in [6, 6.07) is 19.2. The van der Waals surface area contributed by atoms with Crippen molar-refractivity contribution in [3.05, 3.63) is 86.1 Å². The first-order chi connectivity index (χ1) is 14.4. The number of nitrogens with two attached hydrogens (primary N) is 1. The molecule has 2 aromatic carbocycles. The van der Waals surface area contributed by atoms with Crippen LogP contribution in [0.5, 0.6) is 0 Å². The molecule has 150 valence electrons. The number of anilines is 1. The van der Waals surface area contributed by atoms with Gasteiger partial charge < -0.3 is 16.4 Å². The Labute approximate surface area is 187 Å². The van der Waals surface area contributed by atoms with Crippen LogP contribution in [0.2, 0.25) is 0 Å². The van der Waals surface area contributed by atoms with E-state index < -0.39 is 5.92 Å². The molecule has 0 radical (unpaired) electrons. The van der Waals surface area contributed by atoms with Crippen LogP contribution in [0.4, 0.5) is 5.69 Å². The lowest BCUT2D eigenvalue weighted by molar-refractivity contribution is -0.113. The molecule has 0 saturated carbocycles. The van der Waals surface area contributed by atoms with Gasteiger partial charge in [-0.3, -0.25) is 4.79 Å². The number of nitrogens with one attached hydrogen (secondary N) is 2. The molecule has 30 heavy (non-hydrogen) atoms. The number of benzene rings is 2. The Kier molecular flexibility index (Phi) is 6.83. The first kappa shape index (κ1) is 21.5. The summed E-state index contributed by atoms with van der Waals surface area (Å²) in [4.78, 5) is 12.4. The van der Waals surface area contributed by atoms with Crippen LogP contribution in [0.25, 0.3) is 0 Å². The average molecular weight is 480 g/mol. The lowest BCUT2D eigenvalue weighted by Crippen LogP contribution is -2.30. The number of carbonyl (C=O) groups is 1. The van der Waals surface area contributed by atoms with Crippen molar-refractivity contribution in [2.45, 2.75) is 12.8 Å². The van der Waals surface area contributed by atoms with Gasteiger partial charge in [0.25, 0.3) is 0 Å². The summed E-state index contributed by atoms with van der Waals surface area (Å²) < 4.78 is 0.919. The fourth-order valence-electron chi connectivity index (χ4n) is 3.13. The molecule has 3 rings (SSSR count). The molecular weight excluding hydrogens is 462 g/mol. The first-order valence-electron chi connectivity index (χ1n) is 8.99. The molecule has 1 atom stereocenters. The van der Waals surface area contributed by atoms with Gasteiger partial charge in [-0.2, -0.15) is 10.5 Å². The quantitative estimate of drug-likeness (QED) is 0.590. The van der Waals surface area contributed by atoms with Gasteiger partial charge in [0.2, 0.25) is 5.91 Å². The highest BCUT2D eigenvalue weighted by Gasteiger charge is 2.32. The number of dihydropyridines is 1. The number of carbonyl (C=O) groups excluding carboxylic acids is 1. The van der Waals surface area contributed by atoms with Crippen molar-refractivity contribution < 1.29 is 4.79 Å². The van der Waals surface area contributed by atoms with E-state index in [0.29, 0.717) is 21.9 Å². The van der Waals surface area contributed by atoms with Gasteiger partial charge in [-0.1, -0.05) is 52.0 Å². The predicted octanol–water partition coefficient (Wildman–Crippen LogP) is 4.25. The molecule has 1 aliphatic heterocycles. The van der Waals surface area contributed by atoms with Gasteiger partial charge in [-0.05, 0) is 42.3 Å². The summed E-state index contributed by atoms with van der Waals surface area (Å²) in [7, 11) is 0. The van der Waals surface area contributed by atoms with Crippen molar-refractivity contribution in [3.8, 4) is 12.1 Å². The second-order valence-electron chi connectivity index (χ2n) is 6.55. The molecule has 0 aromatic heterocycles. The SMILES string of the molecule is Cc1ccccc1C1C(C#N)=C(N)NC(SCC(=O)Nc2ccc(Br)cc2)=C1C#N. The average Bonchev–Trinajstić information content (AvgIpc) is 2.74. The van der Waals surface area contributed by atoms with Crippen LogP contribution in [0.1, 0.15) is 17.0 Å². The summed E-state index contributed by atoms with van der Waals surface area (Å²) in [5, 5.41) is 25.8. The summed E-state index contributed by atoms with van der Waals surface area (Å²) >= 11 is 4.54. The van der Waals surface area contributed by atoms with Crippen molar-refractivity contribution in [2.24, 2.45) is 5.73 Å². The van der Waals surface area contributed by atoms with Crippen LogP contribution < -0.4 is 16.4 Å². The van der Waals surface area contributed by atoms with E-state index in [4.69, 9.17) is 5.73 Å². The molecule has 1 unspecified atom stereocenters. The maximum Gasteiger partial charge on any atom is 0.234 e. The Hall–Kier alpha value is -3.20. The van der Waals surface area contributed by atoms with Gasteiger partial charge in [0.05, 0.1) is 40.0 Å². The molecule has 4 N–H and O–H groups in total. The Bertz CT molecular complexity index is 1130. The molecule has 1 amide bonds. The summed E-state index contributed by atoms with van der Waals surface area (Å²) in [5.41, 5.74) is 9.24. The van der Waals surface area contributed by atoms with Gasteiger partial charge in [0.1, 0.15) is 5.82 Å². The minimum atomic E-state index is -0.570. The van der Waals surface area contributed by atoms with Crippen molar-refractivity contribution in [1.82, 2.24) is 5.32 Å². The van der Waals surface area contributed by atoms with Crippen LogP contribution in [0.3, 0.4) is 0 Å². The van der Waals surface area contributed by atoms with Gasteiger partial charge >= 0.3 is 0 Å². The summed E-state index contributed by atoms with van der Waals surface area (Å²) in [5.74, 6) is -0.505. The van der Waals surface area contributed by atoms with E-state index in [0.717, 1.165) is 15.6 Å². The minimum Gasteiger partial charge on any atom is -0.384 e. The third kappa shape index (κ3) is 4.68. The topological polar surface area (TPSA) is 115 Å². The standard InChI is InChI=1S/C22H18BrN5OS/c1-13-4-2-3-5-16(13)20-17(10-24)21(26)28-22(18(20)11-25)30-12-19(29)27-15-8-6-14(23)7-9-15/h2-9,20,28H,12,26H2,1H3,(H,27,29). The molecule has 8 heteroatoms. The third-order valence-electron chi connectivity index (χ3n) is 4.58. The predicted molar refractivity (Wildman–Crippen MR) is 122 cm³/mol. The number of amides is 1. The number of rotatable bonds is 5. The summed E-state index contributed by atoms with van der Waals surface area (Å²) in [6.45, 7) is 1.93. The number of aryl methyl sites for hydroxylation is 1. The maximum atomic E-state index is 12.4. The van der Waals surface area contributed by atoms with Crippen molar-refractivity contribution in [1.29, 1.82) is 10.5 Å². The molecule has 6 nitrogen and oxygen atoms in total. The largest absolute Gasteiger partial charge is 0.384 e. The number of nitriles is 2. The highest BCUT2D eigenvalue weighted by atomic mass is 79.9. The monoisotopic (exact) mass is 479 g/mol. The molecule has 0 bridgehead atoms. The summed E-state index contributed by atoms with van der Waals surface area (Å²) in [6.07, 6.45) is 0. The Morgan fingerprint density at radius 2 is 1.83 bits per heavy atom. The second-order valence-corrected chi connectivity index (χ2v) is 8.45. The number of nitrogens with zero attached hydrogens (tertiary/aromatic N) is 2. The fraction of sp³-hybridized carbons (Fsp3) is 0.136. The molecule has 0 saturated heterocycles. The number of halogens is 1. The van der Waals surface area contributed by atoms with Crippen LogP contribution >= 0.6 is 27.7 Å². The van der Waals surface area contributed by atoms with Crippen LogP contribution in [-0.2, 0) is 4.79 Å². The molecule has 0 aliphatic carbocycles. The first-order valence-corrected chi connectivity index (χ1v) is 10.8. The van der Waals surface area contributed by atoms with E-state index in [9.17, 15) is 15.3 Å². The molecule has 2 aromatic rings. The Morgan fingerprint density at radius 1 is 1.17 bits per heavy atom. The van der Waals surface area contributed by atoms with Crippen LogP contribution in [0.15, 0.2) is 75.0 Å². The highest BCUT2D eigenvalue weighted by molar-refractivity contribution is 9.10. The Morgan fingerprint density at radius 3 is 2.47 bits per heavy atom. The van der Waals surface area contributed by atoms with Crippen molar-refractivity contribution in [2.75, 3.05) is 11.1 Å². The highest BCUT2D eigenvalue weighted by Crippen LogP contribution is 2.40. The molecular formula is C22H18BrN5OS. The van der Waals surface area contributed by atoms with E-state index in [1.54, 1.807) is 12.1 Å². The van der Waals surface area contributed by atoms with E-state index in [-0.39, 0.29) is 17.5 Å². The molecule has 1 heterocycles. The Balaban J connectivity index is 1.85. The number of thioether (sulfide) groups is 1. The molecule has 0 fully saturated rings. The lowest BCUT2D eigenvalue weighted by Gasteiger charge is -2.27. The van der Waals surface area contributed by atoms with Crippen molar-refractivity contribution in [3.63, 3.8) is 0 Å².